The molecule has 0 aromatic heterocycles. The first-order valence-corrected chi connectivity index (χ1v) is 6.93. The highest BCUT2D eigenvalue weighted by molar-refractivity contribution is 6.34. The van der Waals surface area contributed by atoms with Gasteiger partial charge in [-0.1, -0.05) is 17.7 Å². The molecular weight excluding hydrogens is 266 g/mol. The van der Waals surface area contributed by atoms with Crippen molar-refractivity contribution in [1.82, 2.24) is 0 Å². The van der Waals surface area contributed by atoms with Gasteiger partial charge in [0, 0.05) is 13.2 Å². The predicted octanol–water partition coefficient (Wildman–Crippen LogP) is 3.41. The SMILES string of the molecule is O=C(O)c1c(Cl)cccc1NCCC1CCCCO1. The Morgan fingerprint density at radius 2 is 2.32 bits per heavy atom. The van der Waals surface area contributed by atoms with Gasteiger partial charge in [0.2, 0.25) is 0 Å². The van der Waals surface area contributed by atoms with E-state index in [1.807, 2.05) is 0 Å². The third-order valence-corrected chi connectivity index (χ3v) is 3.60. The standard InChI is InChI=1S/C14H18ClNO3/c15-11-5-3-6-12(13(11)14(17)18)16-8-7-10-4-1-2-9-19-10/h3,5-6,10,16H,1-2,4,7-9H2,(H,17,18). The maximum atomic E-state index is 11.2. The lowest BCUT2D eigenvalue weighted by molar-refractivity contribution is 0.0134. The third-order valence-electron chi connectivity index (χ3n) is 3.28. The summed E-state index contributed by atoms with van der Waals surface area (Å²) in [5.41, 5.74) is 0.699. The smallest absolute Gasteiger partial charge is 0.339 e. The quantitative estimate of drug-likeness (QED) is 0.869. The molecule has 1 aromatic rings. The number of rotatable bonds is 5. The van der Waals surface area contributed by atoms with E-state index >= 15 is 0 Å². The van der Waals surface area contributed by atoms with Gasteiger partial charge in [-0.15, -0.1) is 0 Å². The molecule has 1 aliphatic heterocycles. The molecule has 1 fully saturated rings. The highest BCUT2D eigenvalue weighted by atomic mass is 35.5. The minimum absolute atomic E-state index is 0.133. The van der Waals surface area contributed by atoms with Crippen molar-refractivity contribution in [3.63, 3.8) is 0 Å². The van der Waals surface area contributed by atoms with Gasteiger partial charge in [0.05, 0.1) is 16.8 Å². The Bertz CT molecular complexity index is 444. The van der Waals surface area contributed by atoms with Crippen molar-refractivity contribution in [2.45, 2.75) is 31.8 Å². The number of hydrogen-bond acceptors (Lipinski definition) is 3. The fourth-order valence-corrected chi connectivity index (χ4v) is 2.55. The summed E-state index contributed by atoms with van der Waals surface area (Å²) in [6.07, 6.45) is 4.60. The number of ether oxygens (including phenoxy) is 1. The normalized spacial score (nSPS) is 19.1. The van der Waals surface area contributed by atoms with Gasteiger partial charge in [-0.3, -0.25) is 0 Å². The van der Waals surface area contributed by atoms with Crippen LogP contribution in [0.25, 0.3) is 0 Å². The molecule has 1 atom stereocenters. The van der Waals surface area contributed by atoms with Crippen molar-refractivity contribution >= 4 is 23.3 Å². The summed E-state index contributed by atoms with van der Waals surface area (Å²) in [7, 11) is 0. The molecule has 0 amide bonds. The molecule has 5 heteroatoms. The molecule has 1 heterocycles. The molecule has 0 bridgehead atoms. The molecule has 1 aromatic carbocycles. The van der Waals surface area contributed by atoms with Crippen molar-refractivity contribution in [2.24, 2.45) is 0 Å². The molecule has 0 radical (unpaired) electrons. The molecule has 1 saturated heterocycles. The fraction of sp³-hybridized carbons (Fsp3) is 0.500. The lowest BCUT2D eigenvalue weighted by Gasteiger charge is -2.22. The van der Waals surface area contributed by atoms with Crippen molar-refractivity contribution in [3.8, 4) is 0 Å². The highest BCUT2D eigenvalue weighted by Crippen LogP contribution is 2.24. The monoisotopic (exact) mass is 283 g/mol. The van der Waals surface area contributed by atoms with E-state index in [-0.39, 0.29) is 16.7 Å². The van der Waals surface area contributed by atoms with Crippen molar-refractivity contribution in [1.29, 1.82) is 0 Å². The Labute approximate surface area is 117 Å². The Morgan fingerprint density at radius 1 is 1.47 bits per heavy atom. The summed E-state index contributed by atoms with van der Waals surface area (Å²) < 4.78 is 5.63. The topological polar surface area (TPSA) is 58.6 Å². The number of halogens is 1. The zero-order valence-electron chi connectivity index (χ0n) is 10.7. The van der Waals surface area contributed by atoms with E-state index in [1.165, 1.54) is 6.42 Å². The van der Waals surface area contributed by atoms with Gasteiger partial charge in [-0.25, -0.2) is 4.79 Å². The molecule has 1 aliphatic rings. The van der Waals surface area contributed by atoms with E-state index in [2.05, 4.69) is 5.32 Å². The maximum absolute atomic E-state index is 11.2. The van der Waals surface area contributed by atoms with Crippen LogP contribution in [-0.2, 0) is 4.74 Å². The molecule has 104 valence electrons. The Balaban J connectivity index is 1.92. The Kier molecular flexibility index (Phi) is 5.05. The zero-order chi connectivity index (χ0) is 13.7. The predicted molar refractivity (Wildman–Crippen MR) is 75.1 cm³/mol. The van der Waals surface area contributed by atoms with Crippen LogP contribution in [0, 0.1) is 0 Å². The minimum atomic E-state index is -1.01. The largest absolute Gasteiger partial charge is 0.478 e. The summed E-state index contributed by atoms with van der Waals surface area (Å²) in [4.78, 5) is 11.2. The van der Waals surface area contributed by atoms with Crippen molar-refractivity contribution < 1.29 is 14.6 Å². The van der Waals surface area contributed by atoms with Gasteiger partial charge >= 0.3 is 5.97 Å². The van der Waals surface area contributed by atoms with E-state index in [0.717, 1.165) is 25.9 Å². The van der Waals surface area contributed by atoms with E-state index in [4.69, 9.17) is 21.4 Å². The summed E-state index contributed by atoms with van der Waals surface area (Å²) in [5, 5.41) is 12.5. The van der Waals surface area contributed by atoms with Crippen LogP contribution in [-0.4, -0.2) is 30.3 Å². The van der Waals surface area contributed by atoms with Gasteiger partial charge in [-0.05, 0) is 37.8 Å². The third kappa shape index (κ3) is 3.85. The molecule has 19 heavy (non-hydrogen) atoms. The average molecular weight is 284 g/mol. The second-order valence-electron chi connectivity index (χ2n) is 4.67. The summed E-state index contributed by atoms with van der Waals surface area (Å²) >= 11 is 5.91. The molecule has 2 rings (SSSR count). The summed E-state index contributed by atoms with van der Waals surface area (Å²) in [5.74, 6) is -1.01. The summed E-state index contributed by atoms with van der Waals surface area (Å²) in [6, 6.07) is 5.06. The van der Waals surface area contributed by atoms with Crippen LogP contribution in [0.1, 0.15) is 36.0 Å². The van der Waals surface area contributed by atoms with Crippen LogP contribution in [0.5, 0.6) is 0 Å². The van der Waals surface area contributed by atoms with Gasteiger partial charge in [0.15, 0.2) is 0 Å². The lowest BCUT2D eigenvalue weighted by Crippen LogP contribution is -2.22. The lowest BCUT2D eigenvalue weighted by atomic mass is 10.1. The number of carboxylic acids is 1. The second kappa shape index (κ2) is 6.78. The Hall–Kier alpha value is -1.26. The van der Waals surface area contributed by atoms with E-state index in [1.54, 1.807) is 18.2 Å². The average Bonchev–Trinajstić information content (AvgIpc) is 2.39. The van der Waals surface area contributed by atoms with Crippen LogP contribution < -0.4 is 5.32 Å². The number of aromatic carboxylic acids is 1. The van der Waals surface area contributed by atoms with Crippen LogP contribution in [0.2, 0.25) is 5.02 Å². The number of benzene rings is 1. The van der Waals surface area contributed by atoms with Gasteiger partial charge < -0.3 is 15.2 Å². The first kappa shape index (κ1) is 14.2. The molecule has 0 aliphatic carbocycles. The first-order valence-electron chi connectivity index (χ1n) is 6.56. The second-order valence-corrected chi connectivity index (χ2v) is 5.08. The van der Waals surface area contributed by atoms with Crippen LogP contribution in [0.15, 0.2) is 18.2 Å². The molecule has 0 saturated carbocycles. The van der Waals surface area contributed by atoms with Crippen LogP contribution >= 0.6 is 11.6 Å². The summed E-state index contributed by atoms with van der Waals surface area (Å²) in [6.45, 7) is 1.52. The number of nitrogens with one attached hydrogen (secondary N) is 1. The fourth-order valence-electron chi connectivity index (χ4n) is 2.29. The molecular formula is C14H18ClNO3. The first-order chi connectivity index (χ1) is 9.18. The van der Waals surface area contributed by atoms with E-state index in [9.17, 15) is 4.79 Å². The Morgan fingerprint density at radius 3 is 3.00 bits per heavy atom. The molecule has 1 unspecified atom stereocenters. The minimum Gasteiger partial charge on any atom is -0.478 e. The van der Waals surface area contributed by atoms with Gasteiger partial charge in [0.1, 0.15) is 5.56 Å². The zero-order valence-corrected chi connectivity index (χ0v) is 11.4. The number of anilines is 1. The van der Waals surface area contributed by atoms with Gasteiger partial charge in [-0.2, -0.15) is 0 Å². The number of carboxylic acid groups (broad SMARTS) is 1. The van der Waals surface area contributed by atoms with E-state index in [0.29, 0.717) is 12.2 Å². The van der Waals surface area contributed by atoms with Crippen LogP contribution in [0.3, 0.4) is 0 Å². The number of carbonyl (C=O) groups is 1. The van der Waals surface area contributed by atoms with E-state index < -0.39 is 5.97 Å². The highest BCUT2D eigenvalue weighted by Gasteiger charge is 2.16. The molecule has 0 spiro atoms. The molecule has 4 nitrogen and oxygen atoms in total. The number of hydrogen-bond donors (Lipinski definition) is 2. The van der Waals surface area contributed by atoms with Gasteiger partial charge in [0.25, 0.3) is 0 Å². The van der Waals surface area contributed by atoms with Crippen molar-refractivity contribution in [2.75, 3.05) is 18.5 Å². The molecule has 2 N–H and O–H groups in total. The maximum Gasteiger partial charge on any atom is 0.339 e. The van der Waals surface area contributed by atoms with Crippen molar-refractivity contribution in [3.05, 3.63) is 28.8 Å². The van der Waals surface area contributed by atoms with Crippen LogP contribution in [0.4, 0.5) is 5.69 Å².